The van der Waals surface area contributed by atoms with Gasteiger partial charge in [0.2, 0.25) is 5.82 Å². The second-order valence-corrected chi connectivity index (χ2v) is 5.85. The minimum absolute atomic E-state index is 0.0937. The Labute approximate surface area is 125 Å². The van der Waals surface area contributed by atoms with Crippen molar-refractivity contribution in [1.82, 2.24) is 9.97 Å². The number of halogens is 6. The van der Waals surface area contributed by atoms with E-state index < -0.39 is 24.6 Å². The van der Waals surface area contributed by atoms with Crippen LogP contribution in [0.2, 0.25) is 0 Å². The molecule has 0 spiro atoms. The van der Waals surface area contributed by atoms with Crippen LogP contribution < -0.4 is 5.32 Å². The first-order valence-corrected chi connectivity index (χ1v) is 7.04. The number of aryl methyl sites for hydroxylation is 1. The Balaban J connectivity index is 2.23. The summed E-state index contributed by atoms with van der Waals surface area (Å²) in [5.74, 6) is -1.40. The van der Waals surface area contributed by atoms with Crippen LogP contribution in [0.15, 0.2) is 6.07 Å². The van der Waals surface area contributed by atoms with Crippen molar-refractivity contribution in [3.63, 3.8) is 0 Å². The van der Waals surface area contributed by atoms with Crippen LogP contribution in [0.1, 0.15) is 23.5 Å². The molecule has 0 saturated carbocycles. The fourth-order valence-corrected chi connectivity index (χ4v) is 2.68. The van der Waals surface area contributed by atoms with Crippen LogP contribution in [-0.2, 0) is 6.18 Å². The Bertz CT molecular complexity index is 661. The highest BCUT2D eigenvalue weighted by Crippen LogP contribution is 2.33. The Morgan fingerprint density at radius 2 is 1.82 bits per heavy atom. The van der Waals surface area contributed by atoms with Crippen molar-refractivity contribution in [2.24, 2.45) is 0 Å². The zero-order chi connectivity index (χ0) is 16.5. The van der Waals surface area contributed by atoms with Crippen molar-refractivity contribution >= 4 is 27.4 Å². The highest BCUT2D eigenvalue weighted by atomic mass is 32.1. The van der Waals surface area contributed by atoms with Crippen molar-refractivity contribution < 1.29 is 26.3 Å². The molecule has 0 unspecified atom stereocenters. The number of anilines is 1. The number of rotatable bonds is 4. The minimum Gasteiger partial charge on any atom is -0.369 e. The summed E-state index contributed by atoms with van der Waals surface area (Å²) in [5, 5.41) is 2.92. The average Bonchev–Trinajstić information content (AvgIpc) is 2.72. The minimum atomic E-state index is -4.71. The van der Waals surface area contributed by atoms with Gasteiger partial charge in [0.05, 0.1) is 5.39 Å². The Kier molecular flexibility index (Phi) is 4.50. The molecule has 2 aromatic rings. The van der Waals surface area contributed by atoms with E-state index in [0.717, 1.165) is 16.2 Å². The fraction of sp³-hybridized carbons (Fsp3) is 0.500. The number of aromatic nitrogens is 2. The lowest BCUT2D eigenvalue weighted by Crippen LogP contribution is -2.15. The van der Waals surface area contributed by atoms with Gasteiger partial charge in [-0.25, -0.2) is 9.97 Å². The van der Waals surface area contributed by atoms with Gasteiger partial charge in [0.1, 0.15) is 10.6 Å². The molecule has 0 radical (unpaired) electrons. The van der Waals surface area contributed by atoms with E-state index in [4.69, 9.17) is 0 Å². The number of fused-ring (bicyclic) bond motifs is 1. The van der Waals surface area contributed by atoms with Crippen LogP contribution in [0.4, 0.5) is 32.2 Å². The molecule has 3 nitrogen and oxygen atoms in total. The lowest BCUT2D eigenvalue weighted by Gasteiger charge is -2.11. The summed E-state index contributed by atoms with van der Waals surface area (Å²) in [4.78, 5) is 7.74. The van der Waals surface area contributed by atoms with E-state index in [1.165, 1.54) is 0 Å². The summed E-state index contributed by atoms with van der Waals surface area (Å²) in [6.45, 7) is 1.57. The van der Waals surface area contributed by atoms with Crippen LogP contribution >= 0.6 is 11.3 Å². The molecular formula is C12H11F6N3S. The highest BCUT2D eigenvalue weighted by Gasteiger charge is 2.36. The van der Waals surface area contributed by atoms with Crippen LogP contribution in [0.5, 0.6) is 0 Å². The molecule has 1 N–H and O–H groups in total. The Morgan fingerprint density at radius 1 is 1.14 bits per heavy atom. The number of nitrogens with one attached hydrogen (secondary N) is 1. The van der Waals surface area contributed by atoms with Gasteiger partial charge in [-0.2, -0.15) is 26.3 Å². The molecule has 0 aliphatic carbocycles. The molecule has 2 aromatic heterocycles. The molecule has 10 heteroatoms. The van der Waals surface area contributed by atoms with Crippen molar-refractivity contribution in [1.29, 1.82) is 0 Å². The fourth-order valence-electron chi connectivity index (χ4n) is 1.80. The summed E-state index contributed by atoms with van der Waals surface area (Å²) in [7, 11) is 0. The summed E-state index contributed by atoms with van der Waals surface area (Å²) in [5.41, 5.74) is 0. The van der Waals surface area contributed by atoms with Crippen molar-refractivity contribution in [2.45, 2.75) is 32.1 Å². The van der Waals surface area contributed by atoms with E-state index in [-0.39, 0.29) is 23.6 Å². The number of hydrogen-bond acceptors (Lipinski definition) is 4. The van der Waals surface area contributed by atoms with E-state index in [0.29, 0.717) is 5.39 Å². The van der Waals surface area contributed by atoms with Gasteiger partial charge in [0.25, 0.3) is 0 Å². The molecular weight excluding hydrogens is 332 g/mol. The number of alkyl halides is 6. The van der Waals surface area contributed by atoms with Gasteiger partial charge in [-0.3, -0.25) is 0 Å². The largest absolute Gasteiger partial charge is 0.451 e. The zero-order valence-corrected chi connectivity index (χ0v) is 12.1. The Morgan fingerprint density at radius 3 is 2.41 bits per heavy atom. The molecule has 0 amide bonds. The lowest BCUT2D eigenvalue weighted by atomic mass is 10.3. The van der Waals surface area contributed by atoms with Gasteiger partial charge in [-0.05, 0) is 19.4 Å². The van der Waals surface area contributed by atoms with Gasteiger partial charge >= 0.3 is 12.4 Å². The molecule has 0 atom stereocenters. The first kappa shape index (κ1) is 16.8. The lowest BCUT2D eigenvalue weighted by molar-refractivity contribution is -0.144. The van der Waals surface area contributed by atoms with Gasteiger partial charge in [-0.15, -0.1) is 11.3 Å². The second kappa shape index (κ2) is 5.90. The smallest absolute Gasteiger partial charge is 0.369 e. The molecule has 22 heavy (non-hydrogen) atoms. The maximum atomic E-state index is 12.8. The third-order valence-corrected chi connectivity index (χ3v) is 3.64. The van der Waals surface area contributed by atoms with Crippen molar-refractivity contribution in [2.75, 3.05) is 11.9 Å². The summed E-state index contributed by atoms with van der Waals surface area (Å²) >= 11 is 1.07. The maximum Gasteiger partial charge on any atom is 0.451 e. The van der Waals surface area contributed by atoms with Crippen LogP contribution in [0.3, 0.4) is 0 Å². The van der Waals surface area contributed by atoms with Crippen LogP contribution in [0.25, 0.3) is 10.2 Å². The molecule has 0 fully saturated rings. The quantitative estimate of drug-likeness (QED) is 0.642. The van der Waals surface area contributed by atoms with Gasteiger partial charge in [0.15, 0.2) is 0 Å². The van der Waals surface area contributed by atoms with E-state index in [9.17, 15) is 26.3 Å². The van der Waals surface area contributed by atoms with Crippen LogP contribution in [0, 0.1) is 6.92 Å². The molecule has 122 valence electrons. The summed E-state index contributed by atoms with van der Waals surface area (Å²) in [6, 6.07) is 1.60. The Hall–Kier alpha value is -1.58. The molecule has 0 bridgehead atoms. The number of hydrogen-bond donors (Lipinski definition) is 1. The van der Waals surface area contributed by atoms with Crippen LogP contribution in [-0.4, -0.2) is 22.7 Å². The second-order valence-electron chi connectivity index (χ2n) is 4.61. The standard InChI is InChI=1S/C12H11F6N3S/c1-6-5-7-8(19-4-2-3-11(13,14)15)20-10(12(16,17)18)21-9(7)22-6/h5H,2-4H2,1H3,(H,19,20,21). The predicted octanol–water partition coefficient (Wildman–Crippen LogP) is 4.77. The first-order chi connectivity index (χ1) is 10.1. The van der Waals surface area contributed by atoms with Crippen molar-refractivity contribution in [3.05, 3.63) is 16.8 Å². The molecule has 0 aromatic carbocycles. The molecule has 2 rings (SSSR count). The highest BCUT2D eigenvalue weighted by molar-refractivity contribution is 7.18. The molecule has 0 saturated heterocycles. The van der Waals surface area contributed by atoms with E-state index in [1.807, 2.05) is 0 Å². The number of thiophene rings is 1. The van der Waals surface area contributed by atoms with Gasteiger partial charge < -0.3 is 5.32 Å². The topological polar surface area (TPSA) is 37.8 Å². The summed E-state index contributed by atoms with van der Waals surface area (Å²) < 4.78 is 74.4. The van der Waals surface area contributed by atoms with E-state index in [2.05, 4.69) is 15.3 Å². The van der Waals surface area contributed by atoms with E-state index in [1.54, 1.807) is 13.0 Å². The zero-order valence-electron chi connectivity index (χ0n) is 11.3. The third-order valence-electron chi connectivity index (χ3n) is 2.70. The third kappa shape index (κ3) is 4.21. The maximum absolute atomic E-state index is 12.8. The molecule has 2 heterocycles. The van der Waals surface area contributed by atoms with Gasteiger partial charge in [-0.1, -0.05) is 0 Å². The van der Waals surface area contributed by atoms with Gasteiger partial charge in [0, 0.05) is 17.8 Å². The van der Waals surface area contributed by atoms with E-state index >= 15 is 0 Å². The first-order valence-electron chi connectivity index (χ1n) is 6.22. The number of nitrogens with zero attached hydrogens (tertiary/aromatic N) is 2. The normalized spacial score (nSPS) is 12.9. The predicted molar refractivity (Wildman–Crippen MR) is 70.9 cm³/mol. The SMILES string of the molecule is Cc1cc2c(NCCCC(F)(F)F)nc(C(F)(F)F)nc2s1. The average molecular weight is 343 g/mol. The van der Waals surface area contributed by atoms with Crippen molar-refractivity contribution in [3.8, 4) is 0 Å². The monoisotopic (exact) mass is 343 g/mol. The molecule has 0 aliphatic heterocycles. The summed E-state index contributed by atoms with van der Waals surface area (Å²) in [6.07, 6.45) is -10.3. The molecule has 0 aliphatic rings.